The minimum absolute atomic E-state index is 0.0283. The van der Waals surface area contributed by atoms with Crippen molar-refractivity contribution in [3.05, 3.63) is 35.5 Å². The van der Waals surface area contributed by atoms with E-state index in [2.05, 4.69) is 35.4 Å². The second kappa shape index (κ2) is 5.31. The number of aryl methyl sites for hydroxylation is 1. The van der Waals surface area contributed by atoms with Gasteiger partial charge < -0.3 is 21.8 Å². The molecule has 0 aliphatic heterocycles. The number of fused-ring (bicyclic) bond motifs is 1. The van der Waals surface area contributed by atoms with Gasteiger partial charge in [0.1, 0.15) is 0 Å². The zero-order valence-electron chi connectivity index (χ0n) is 10.2. The molecule has 0 bridgehead atoms. The Morgan fingerprint density at radius 2 is 2.12 bits per heavy atom. The first-order valence-electron chi connectivity index (χ1n) is 5.95. The Balaban J connectivity index is 2.10. The first-order valence-corrected chi connectivity index (χ1v) is 5.95. The first-order chi connectivity index (χ1) is 8.22. The highest BCUT2D eigenvalue weighted by molar-refractivity contribution is 5.84. The van der Waals surface area contributed by atoms with Crippen LogP contribution >= 0.6 is 0 Å². The van der Waals surface area contributed by atoms with Crippen molar-refractivity contribution in [1.82, 2.24) is 10.3 Å². The first kappa shape index (κ1) is 12.1. The van der Waals surface area contributed by atoms with Gasteiger partial charge >= 0.3 is 0 Å². The Hall–Kier alpha value is -1.36. The van der Waals surface area contributed by atoms with Crippen LogP contribution in [0.2, 0.25) is 0 Å². The van der Waals surface area contributed by atoms with E-state index in [1.54, 1.807) is 0 Å². The van der Waals surface area contributed by atoms with Gasteiger partial charge in [0.05, 0.1) is 0 Å². The number of hydrogen-bond donors (Lipinski definition) is 4. The maximum Gasteiger partial charge on any atom is 0.0459 e. The third-order valence-corrected chi connectivity index (χ3v) is 3.04. The lowest BCUT2D eigenvalue weighted by Crippen LogP contribution is -2.39. The Bertz CT molecular complexity index is 489. The van der Waals surface area contributed by atoms with Crippen molar-refractivity contribution in [3.63, 3.8) is 0 Å². The van der Waals surface area contributed by atoms with Gasteiger partial charge in [-0.3, -0.25) is 0 Å². The molecule has 0 aliphatic rings. The van der Waals surface area contributed by atoms with Crippen molar-refractivity contribution in [2.24, 2.45) is 11.5 Å². The van der Waals surface area contributed by atoms with Gasteiger partial charge in [0, 0.05) is 42.3 Å². The average molecular weight is 232 g/mol. The predicted molar refractivity (Wildman–Crippen MR) is 71.8 cm³/mol. The Labute approximate surface area is 101 Å². The molecular weight excluding hydrogens is 212 g/mol. The molecule has 92 valence electrons. The summed E-state index contributed by atoms with van der Waals surface area (Å²) in [5, 5.41) is 4.62. The summed E-state index contributed by atoms with van der Waals surface area (Å²) in [4.78, 5) is 3.38. The van der Waals surface area contributed by atoms with Gasteiger partial charge in [-0.25, -0.2) is 0 Å². The van der Waals surface area contributed by atoms with Crippen molar-refractivity contribution < 1.29 is 0 Å². The van der Waals surface area contributed by atoms with Crippen LogP contribution in [0.1, 0.15) is 11.3 Å². The molecule has 4 nitrogen and oxygen atoms in total. The molecule has 2 rings (SSSR count). The van der Waals surface area contributed by atoms with Crippen LogP contribution in [0.25, 0.3) is 10.9 Å². The van der Waals surface area contributed by atoms with Crippen LogP contribution in [-0.2, 0) is 6.54 Å². The monoisotopic (exact) mass is 232 g/mol. The number of rotatable bonds is 5. The van der Waals surface area contributed by atoms with E-state index in [1.165, 1.54) is 22.2 Å². The summed E-state index contributed by atoms with van der Waals surface area (Å²) in [5.41, 5.74) is 15.0. The Morgan fingerprint density at radius 3 is 2.88 bits per heavy atom. The number of nitrogens with two attached hydrogens (primary N) is 2. The molecule has 0 aliphatic carbocycles. The smallest absolute Gasteiger partial charge is 0.0459 e. The minimum atomic E-state index is 0.0283. The largest absolute Gasteiger partial charge is 0.358 e. The van der Waals surface area contributed by atoms with E-state index < -0.39 is 0 Å². The molecule has 2 aromatic rings. The quantitative estimate of drug-likeness (QED) is 0.617. The second-order valence-electron chi connectivity index (χ2n) is 4.40. The van der Waals surface area contributed by atoms with Gasteiger partial charge in [-0.15, -0.1) is 0 Å². The van der Waals surface area contributed by atoms with E-state index in [0.29, 0.717) is 6.54 Å². The molecule has 1 unspecified atom stereocenters. The summed E-state index contributed by atoms with van der Waals surface area (Å²) in [6.45, 7) is 4.18. The normalized spacial score (nSPS) is 13.1. The number of para-hydroxylation sites is 1. The number of H-pyrrole nitrogens is 1. The van der Waals surface area contributed by atoms with Crippen LogP contribution in [0.3, 0.4) is 0 Å². The van der Waals surface area contributed by atoms with Crippen LogP contribution in [0, 0.1) is 6.92 Å². The fraction of sp³-hybridized carbons (Fsp3) is 0.385. The molecular formula is C13H20N4. The van der Waals surface area contributed by atoms with Crippen LogP contribution in [0.5, 0.6) is 0 Å². The fourth-order valence-electron chi connectivity index (χ4n) is 2.03. The zero-order chi connectivity index (χ0) is 12.3. The van der Waals surface area contributed by atoms with Crippen molar-refractivity contribution in [3.8, 4) is 0 Å². The summed E-state index contributed by atoms with van der Waals surface area (Å²) in [7, 11) is 0. The summed E-state index contributed by atoms with van der Waals surface area (Å²) < 4.78 is 0. The lowest BCUT2D eigenvalue weighted by molar-refractivity contribution is 0.582. The van der Waals surface area contributed by atoms with Crippen molar-refractivity contribution >= 4 is 10.9 Å². The van der Waals surface area contributed by atoms with Crippen LogP contribution in [0.15, 0.2) is 24.3 Å². The van der Waals surface area contributed by atoms with E-state index in [4.69, 9.17) is 11.5 Å². The SMILES string of the molecule is Cc1[nH]c2ccccc2c1CNCC(N)CN. The third kappa shape index (κ3) is 2.66. The van der Waals surface area contributed by atoms with Gasteiger partial charge in [-0.2, -0.15) is 0 Å². The fourth-order valence-corrected chi connectivity index (χ4v) is 2.03. The maximum atomic E-state index is 5.77. The number of aromatic amines is 1. The highest BCUT2D eigenvalue weighted by Crippen LogP contribution is 2.21. The van der Waals surface area contributed by atoms with Crippen molar-refractivity contribution in [2.45, 2.75) is 19.5 Å². The molecule has 6 N–H and O–H groups in total. The number of benzene rings is 1. The van der Waals surface area contributed by atoms with Gasteiger partial charge in [0.15, 0.2) is 0 Å². The highest BCUT2D eigenvalue weighted by atomic mass is 14.9. The number of aromatic nitrogens is 1. The predicted octanol–water partition coefficient (Wildman–Crippen LogP) is 0.852. The lowest BCUT2D eigenvalue weighted by Gasteiger charge is -2.10. The Kier molecular flexibility index (Phi) is 3.78. The molecule has 1 heterocycles. The molecule has 0 saturated heterocycles. The van der Waals surface area contributed by atoms with E-state index in [9.17, 15) is 0 Å². The summed E-state index contributed by atoms with van der Waals surface area (Å²) in [6.07, 6.45) is 0. The highest BCUT2D eigenvalue weighted by Gasteiger charge is 2.07. The molecule has 4 heteroatoms. The summed E-state index contributed by atoms with van der Waals surface area (Å²) >= 11 is 0. The Morgan fingerprint density at radius 1 is 1.35 bits per heavy atom. The molecule has 1 aromatic carbocycles. The van der Waals surface area contributed by atoms with Gasteiger partial charge in [-0.1, -0.05) is 18.2 Å². The minimum Gasteiger partial charge on any atom is -0.358 e. The maximum absolute atomic E-state index is 5.77. The standard InChI is InChI=1S/C13H20N4/c1-9-12(8-16-7-10(15)6-14)11-4-2-3-5-13(11)17-9/h2-5,10,16-17H,6-8,14-15H2,1H3. The van der Waals surface area contributed by atoms with E-state index in [1.807, 2.05) is 6.07 Å². The van der Waals surface area contributed by atoms with Gasteiger partial charge in [0.25, 0.3) is 0 Å². The third-order valence-electron chi connectivity index (χ3n) is 3.04. The summed E-state index contributed by atoms with van der Waals surface area (Å²) in [5.74, 6) is 0. The molecule has 0 fully saturated rings. The zero-order valence-corrected chi connectivity index (χ0v) is 10.2. The molecule has 17 heavy (non-hydrogen) atoms. The number of hydrogen-bond acceptors (Lipinski definition) is 3. The van der Waals surface area contributed by atoms with Crippen molar-refractivity contribution in [2.75, 3.05) is 13.1 Å². The van der Waals surface area contributed by atoms with Gasteiger partial charge in [0.2, 0.25) is 0 Å². The van der Waals surface area contributed by atoms with E-state index in [0.717, 1.165) is 13.1 Å². The molecule has 0 radical (unpaired) electrons. The molecule has 1 atom stereocenters. The lowest BCUT2D eigenvalue weighted by atomic mass is 10.1. The topological polar surface area (TPSA) is 79.9 Å². The van der Waals surface area contributed by atoms with Gasteiger partial charge in [-0.05, 0) is 18.6 Å². The molecule has 0 saturated carbocycles. The van der Waals surface area contributed by atoms with E-state index >= 15 is 0 Å². The molecule has 1 aromatic heterocycles. The van der Waals surface area contributed by atoms with Crippen LogP contribution < -0.4 is 16.8 Å². The average Bonchev–Trinajstić information content (AvgIpc) is 2.66. The van der Waals surface area contributed by atoms with Crippen molar-refractivity contribution in [1.29, 1.82) is 0 Å². The second-order valence-corrected chi connectivity index (χ2v) is 4.40. The summed E-state index contributed by atoms with van der Waals surface area (Å²) in [6, 6.07) is 8.36. The van der Waals surface area contributed by atoms with Crippen LogP contribution in [0.4, 0.5) is 0 Å². The van der Waals surface area contributed by atoms with E-state index in [-0.39, 0.29) is 6.04 Å². The molecule has 0 spiro atoms. The van der Waals surface area contributed by atoms with Crippen LogP contribution in [-0.4, -0.2) is 24.1 Å². The number of nitrogens with one attached hydrogen (secondary N) is 2. The molecule has 0 amide bonds.